The average Bonchev–Trinajstić information content (AvgIpc) is 2.54. The highest BCUT2D eigenvalue weighted by Gasteiger charge is 2.12. The lowest BCUT2D eigenvalue weighted by Crippen LogP contribution is -2.47. The van der Waals surface area contributed by atoms with Crippen LogP contribution in [0.2, 0.25) is 0 Å². The molecule has 1 saturated heterocycles. The Balaban J connectivity index is 0.00000312. The van der Waals surface area contributed by atoms with Crippen molar-refractivity contribution in [1.29, 1.82) is 0 Å². The third-order valence-corrected chi connectivity index (χ3v) is 3.79. The van der Waals surface area contributed by atoms with Crippen LogP contribution < -0.4 is 10.6 Å². The Morgan fingerprint density at radius 3 is 2.28 bits per heavy atom. The summed E-state index contributed by atoms with van der Waals surface area (Å²) in [5.74, 6) is 0.863. The van der Waals surface area contributed by atoms with Gasteiger partial charge in [-0.05, 0) is 38.8 Å². The van der Waals surface area contributed by atoms with E-state index in [2.05, 4.69) is 72.5 Å². The molecule has 1 heterocycles. The molecule has 0 spiro atoms. The number of nitrogens with zero attached hydrogens (tertiary/aromatic N) is 2. The number of morpholine rings is 1. The van der Waals surface area contributed by atoms with Gasteiger partial charge in [0.2, 0.25) is 0 Å². The van der Waals surface area contributed by atoms with Crippen molar-refractivity contribution in [3.63, 3.8) is 0 Å². The second kappa shape index (κ2) is 11.0. The highest BCUT2D eigenvalue weighted by atomic mass is 127. The van der Waals surface area contributed by atoms with E-state index in [1.807, 2.05) is 0 Å². The monoisotopic (exact) mass is 460 g/mol. The van der Waals surface area contributed by atoms with Gasteiger partial charge in [-0.25, -0.2) is 4.99 Å². The molecule has 0 unspecified atom stereocenters. The molecule has 0 aromatic heterocycles. The molecule has 2 N–H and O–H groups in total. The second-order valence-corrected chi connectivity index (χ2v) is 7.28. The minimum Gasteiger partial charge on any atom is -0.379 e. The fourth-order valence-corrected chi connectivity index (χ4v) is 2.60. The van der Waals surface area contributed by atoms with E-state index in [4.69, 9.17) is 4.74 Å². The largest absolute Gasteiger partial charge is 0.379 e. The van der Waals surface area contributed by atoms with Gasteiger partial charge in [-0.2, -0.15) is 0 Å². The zero-order valence-electron chi connectivity index (χ0n) is 16.0. The van der Waals surface area contributed by atoms with Gasteiger partial charge in [0.05, 0.1) is 19.8 Å². The first-order valence-electron chi connectivity index (χ1n) is 8.91. The fourth-order valence-electron chi connectivity index (χ4n) is 2.60. The molecule has 1 aromatic carbocycles. The van der Waals surface area contributed by atoms with Crippen molar-refractivity contribution in [2.75, 3.05) is 32.8 Å². The maximum absolute atomic E-state index is 5.40. The number of ether oxygens (including phenoxy) is 1. The normalized spacial score (nSPS) is 16.2. The van der Waals surface area contributed by atoms with Gasteiger partial charge < -0.3 is 15.4 Å². The molecular weight excluding hydrogens is 427 g/mol. The van der Waals surface area contributed by atoms with Crippen molar-refractivity contribution in [3.8, 4) is 0 Å². The van der Waals surface area contributed by atoms with Crippen LogP contribution >= 0.6 is 24.0 Å². The van der Waals surface area contributed by atoms with Crippen LogP contribution in [-0.2, 0) is 17.8 Å². The minimum atomic E-state index is 0. The third-order valence-electron chi connectivity index (χ3n) is 3.79. The van der Waals surface area contributed by atoms with Crippen LogP contribution in [0.15, 0.2) is 29.3 Å². The average molecular weight is 460 g/mol. The number of nitrogens with one attached hydrogen (secondary N) is 2. The van der Waals surface area contributed by atoms with Gasteiger partial charge in [0.1, 0.15) is 0 Å². The first-order chi connectivity index (χ1) is 11.5. The zero-order chi connectivity index (χ0) is 17.4. The highest BCUT2D eigenvalue weighted by Crippen LogP contribution is 2.10. The number of benzene rings is 1. The molecule has 142 valence electrons. The van der Waals surface area contributed by atoms with Crippen molar-refractivity contribution in [3.05, 3.63) is 35.4 Å². The number of rotatable bonds is 5. The Morgan fingerprint density at radius 1 is 1.12 bits per heavy atom. The van der Waals surface area contributed by atoms with E-state index in [0.717, 1.165) is 45.4 Å². The van der Waals surface area contributed by atoms with Gasteiger partial charge in [-0.15, -0.1) is 24.0 Å². The highest BCUT2D eigenvalue weighted by molar-refractivity contribution is 14.0. The summed E-state index contributed by atoms with van der Waals surface area (Å²) in [5, 5.41) is 6.71. The molecule has 25 heavy (non-hydrogen) atoms. The Labute approximate surface area is 169 Å². The van der Waals surface area contributed by atoms with Crippen LogP contribution in [0, 0.1) is 0 Å². The molecule has 0 aliphatic carbocycles. The van der Waals surface area contributed by atoms with Crippen LogP contribution in [0.1, 0.15) is 38.8 Å². The summed E-state index contributed by atoms with van der Waals surface area (Å²) in [6.07, 6.45) is 0. The zero-order valence-corrected chi connectivity index (χ0v) is 18.3. The van der Waals surface area contributed by atoms with Gasteiger partial charge in [-0.1, -0.05) is 24.3 Å². The van der Waals surface area contributed by atoms with Crippen molar-refractivity contribution in [1.82, 2.24) is 15.5 Å². The molecule has 0 amide bonds. The summed E-state index contributed by atoms with van der Waals surface area (Å²) >= 11 is 0. The smallest absolute Gasteiger partial charge is 0.191 e. The van der Waals surface area contributed by atoms with Gasteiger partial charge in [-0.3, -0.25) is 4.90 Å². The number of halogens is 1. The van der Waals surface area contributed by atoms with Crippen LogP contribution in [0.3, 0.4) is 0 Å². The molecule has 0 atom stereocenters. The quantitative estimate of drug-likeness (QED) is 0.403. The molecule has 6 heteroatoms. The van der Waals surface area contributed by atoms with Crippen LogP contribution in [0.25, 0.3) is 0 Å². The Kier molecular flexibility index (Phi) is 9.74. The van der Waals surface area contributed by atoms with Crippen molar-refractivity contribution >= 4 is 29.9 Å². The van der Waals surface area contributed by atoms with Crippen molar-refractivity contribution in [2.45, 2.75) is 46.3 Å². The molecule has 1 aliphatic rings. The summed E-state index contributed by atoms with van der Waals surface area (Å²) in [4.78, 5) is 7.12. The van der Waals surface area contributed by atoms with Gasteiger partial charge in [0, 0.05) is 31.7 Å². The maximum atomic E-state index is 5.40. The number of aliphatic imine (C=N–C) groups is 1. The predicted molar refractivity (Wildman–Crippen MR) is 116 cm³/mol. The van der Waals surface area contributed by atoms with Crippen LogP contribution in [0.4, 0.5) is 0 Å². The molecule has 5 nitrogen and oxygen atoms in total. The topological polar surface area (TPSA) is 48.9 Å². The molecular formula is C19H33IN4O. The summed E-state index contributed by atoms with van der Waals surface area (Å²) in [7, 11) is 0. The van der Waals surface area contributed by atoms with Gasteiger partial charge >= 0.3 is 0 Å². The Bertz CT molecular complexity index is 519. The summed E-state index contributed by atoms with van der Waals surface area (Å²) < 4.78 is 5.40. The first-order valence-corrected chi connectivity index (χ1v) is 8.91. The van der Waals surface area contributed by atoms with Gasteiger partial charge in [0.15, 0.2) is 5.96 Å². The van der Waals surface area contributed by atoms with Crippen LogP contribution in [-0.4, -0.2) is 49.2 Å². The molecule has 1 aromatic rings. The summed E-state index contributed by atoms with van der Waals surface area (Å²) in [5.41, 5.74) is 2.58. The molecule has 2 rings (SSSR count). The van der Waals surface area contributed by atoms with E-state index in [9.17, 15) is 0 Å². The van der Waals surface area contributed by atoms with Crippen molar-refractivity contribution < 1.29 is 4.74 Å². The van der Waals surface area contributed by atoms with E-state index >= 15 is 0 Å². The van der Waals surface area contributed by atoms with Crippen molar-refractivity contribution in [2.24, 2.45) is 4.99 Å². The summed E-state index contributed by atoms with van der Waals surface area (Å²) in [6, 6.07) is 8.79. The molecule has 0 saturated carbocycles. The van der Waals surface area contributed by atoms with E-state index < -0.39 is 0 Å². The van der Waals surface area contributed by atoms with Crippen LogP contribution in [0.5, 0.6) is 0 Å². The van der Waals surface area contributed by atoms with E-state index in [1.54, 1.807) is 0 Å². The fraction of sp³-hybridized carbons (Fsp3) is 0.632. The lowest BCUT2D eigenvalue weighted by molar-refractivity contribution is 0.0342. The Morgan fingerprint density at radius 2 is 1.72 bits per heavy atom. The first kappa shape index (κ1) is 22.2. The predicted octanol–water partition coefficient (Wildman–Crippen LogP) is 2.99. The third kappa shape index (κ3) is 8.87. The maximum Gasteiger partial charge on any atom is 0.191 e. The van der Waals surface area contributed by atoms with E-state index in [-0.39, 0.29) is 29.5 Å². The minimum absolute atomic E-state index is 0. The molecule has 1 aliphatic heterocycles. The SMILES string of the molecule is CCNC(=NCc1ccc(CN2CCOCC2)cc1)NC(C)(C)C.I. The molecule has 0 bridgehead atoms. The molecule has 1 fully saturated rings. The van der Waals surface area contributed by atoms with E-state index in [0.29, 0.717) is 6.54 Å². The summed E-state index contributed by atoms with van der Waals surface area (Å²) in [6.45, 7) is 14.8. The second-order valence-electron chi connectivity index (χ2n) is 7.28. The standard InChI is InChI=1S/C19H32N4O.HI/c1-5-20-18(22-19(2,3)4)21-14-16-6-8-17(9-7-16)15-23-10-12-24-13-11-23;/h6-9H,5,10-15H2,1-4H3,(H2,20,21,22);1H. The lowest BCUT2D eigenvalue weighted by atomic mass is 10.1. The number of hydrogen-bond donors (Lipinski definition) is 2. The molecule has 0 radical (unpaired) electrons. The lowest BCUT2D eigenvalue weighted by Gasteiger charge is -2.26. The van der Waals surface area contributed by atoms with E-state index in [1.165, 1.54) is 11.1 Å². The number of hydrogen-bond acceptors (Lipinski definition) is 3. The van der Waals surface area contributed by atoms with Gasteiger partial charge in [0.25, 0.3) is 0 Å². The Hall–Kier alpha value is -0.860. The number of guanidine groups is 1.